The molecule has 0 aliphatic carbocycles. The first-order chi connectivity index (χ1) is 12.4. The highest BCUT2D eigenvalue weighted by Crippen LogP contribution is 2.15. The fourth-order valence-electron chi connectivity index (χ4n) is 2.76. The van der Waals surface area contributed by atoms with E-state index in [9.17, 15) is 18.4 Å². The first-order valence-corrected chi connectivity index (χ1v) is 8.17. The van der Waals surface area contributed by atoms with Gasteiger partial charge in [-0.3, -0.25) is 9.59 Å². The van der Waals surface area contributed by atoms with Crippen LogP contribution in [0.2, 0.25) is 0 Å². The molecular weight excluding hydrogens is 340 g/mol. The molecule has 1 N–H and O–H groups in total. The van der Waals surface area contributed by atoms with Crippen LogP contribution < -0.4 is 10.7 Å². The topological polar surface area (TPSA) is 64.0 Å². The van der Waals surface area contributed by atoms with Crippen molar-refractivity contribution < 1.29 is 13.6 Å². The first kappa shape index (κ1) is 17.7. The molecule has 0 atom stereocenters. The van der Waals surface area contributed by atoms with Gasteiger partial charge in [-0.05, 0) is 37.6 Å². The number of nitrogens with zero attached hydrogens (tertiary/aromatic N) is 2. The van der Waals surface area contributed by atoms with Gasteiger partial charge >= 0.3 is 0 Å². The third kappa shape index (κ3) is 3.46. The summed E-state index contributed by atoms with van der Waals surface area (Å²) < 4.78 is 28.4. The lowest BCUT2D eigenvalue weighted by molar-refractivity contribution is 0.102. The molecule has 3 aromatic rings. The number of fused-ring (bicyclic) bond motifs is 1. The Kier molecular flexibility index (Phi) is 4.79. The zero-order valence-corrected chi connectivity index (χ0v) is 14.3. The average molecular weight is 357 g/mol. The molecule has 2 heterocycles. The van der Waals surface area contributed by atoms with E-state index in [1.807, 2.05) is 13.8 Å². The number of anilines is 1. The third-order valence-corrected chi connectivity index (χ3v) is 3.89. The molecule has 0 bridgehead atoms. The Labute approximate surface area is 148 Å². The monoisotopic (exact) mass is 357 g/mol. The minimum atomic E-state index is -0.818. The van der Waals surface area contributed by atoms with Crippen molar-refractivity contribution in [2.75, 3.05) is 5.32 Å². The molecule has 1 amide bonds. The van der Waals surface area contributed by atoms with Crippen LogP contribution in [0.3, 0.4) is 0 Å². The van der Waals surface area contributed by atoms with Crippen LogP contribution in [-0.4, -0.2) is 15.5 Å². The number of amides is 1. The molecule has 3 rings (SSSR count). The normalized spacial score (nSPS) is 10.9. The Morgan fingerprint density at radius 3 is 2.54 bits per heavy atom. The van der Waals surface area contributed by atoms with Crippen molar-refractivity contribution in [2.24, 2.45) is 0 Å². The predicted molar refractivity (Wildman–Crippen MR) is 95.3 cm³/mol. The first-order valence-electron chi connectivity index (χ1n) is 8.17. The van der Waals surface area contributed by atoms with Crippen molar-refractivity contribution >= 4 is 22.6 Å². The van der Waals surface area contributed by atoms with Gasteiger partial charge in [-0.15, -0.1) is 0 Å². The van der Waals surface area contributed by atoms with E-state index >= 15 is 0 Å². The van der Waals surface area contributed by atoms with Gasteiger partial charge in [0.25, 0.3) is 5.91 Å². The van der Waals surface area contributed by atoms with Gasteiger partial charge in [0.1, 0.15) is 22.8 Å². The summed E-state index contributed by atoms with van der Waals surface area (Å²) in [5.41, 5.74) is 0.617. The Hall–Kier alpha value is -3.09. The summed E-state index contributed by atoms with van der Waals surface area (Å²) in [6.45, 7) is 4.36. The number of halogens is 2. The maximum absolute atomic E-state index is 13.3. The predicted octanol–water partition coefficient (Wildman–Crippen LogP) is 3.65. The highest BCUT2D eigenvalue weighted by molar-refractivity contribution is 6.05. The van der Waals surface area contributed by atoms with Crippen LogP contribution in [0.4, 0.5) is 14.5 Å². The lowest BCUT2D eigenvalue weighted by Gasteiger charge is -2.12. The molecular formula is C19H17F2N3O2. The van der Waals surface area contributed by atoms with E-state index in [1.54, 1.807) is 16.7 Å². The lowest BCUT2D eigenvalue weighted by atomic mass is 10.1. The highest BCUT2D eigenvalue weighted by Gasteiger charge is 2.17. The van der Waals surface area contributed by atoms with Crippen molar-refractivity contribution in [3.05, 3.63) is 69.6 Å². The molecule has 0 aliphatic heterocycles. The second-order valence-electron chi connectivity index (χ2n) is 6.00. The number of benzene rings is 1. The van der Waals surface area contributed by atoms with Crippen LogP contribution in [0.1, 0.15) is 29.4 Å². The minimum Gasteiger partial charge on any atom is -0.331 e. The third-order valence-electron chi connectivity index (χ3n) is 3.89. The van der Waals surface area contributed by atoms with Crippen LogP contribution in [0.15, 0.2) is 41.3 Å². The number of rotatable bonds is 4. The molecule has 0 spiro atoms. The number of carbonyl (C=O) groups excluding carboxylic acids is 1. The van der Waals surface area contributed by atoms with Gasteiger partial charge in [0.05, 0.1) is 5.39 Å². The summed E-state index contributed by atoms with van der Waals surface area (Å²) in [4.78, 5) is 29.6. The van der Waals surface area contributed by atoms with Crippen LogP contribution in [0, 0.1) is 18.6 Å². The average Bonchev–Trinajstić information content (AvgIpc) is 2.56. The Bertz CT molecular complexity index is 1040. The quantitative estimate of drug-likeness (QED) is 0.775. The summed E-state index contributed by atoms with van der Waals surface area (Å²) in [6, 6.07) is 6.00. The molecule has 0 unspecified atom stereocenters. The van der Waals surface area contributed by atoms with E-state index in [0.717, 1.165) is 24.2 Å². The van der Waals surface area contributed by atoms with Crippen LogP contribution >= 0.6 is 0 Å². The number of carbonyl (C=O) groups is 1. The fraction of sp³-hybridized carbons (Fsp3) is 0.211. The largest absolute Gasteiger partial charge is 0.331 e. The van der Waals surface area contributed by atoms with Crippen LogP contribution in [0.5, 0.6) is 0 Å². The summed E-state index contributed by atoms with van der Waals surface area (Å²) in [6.07, 6.45) is 2.22. The van der Waals surface area contributed by atoms with Crippen LogP contribution in [-0.2, 0) is 6.54 Å². The number of pyridine rings is 2. The molecule has 5 nitrogen and oxygen atoms in total. The van der Waals surface area contributed by atoms with E-state index in [4.69, 9.17) is 0 Å². The zero-order valence-electron chi connectivity index (χ0n) is 14.3. The molecule has 1 aromatic carbocycles. The standard InChI is InChI=1S/C19H17F2N3O2/c1-3-6-24-10-16(17(25)15-5-4-11(2)22-18(15)24)19(26)23-14-8-12(20)7-13(21)9-14/h4-5,7-10H,3,6H2,1-2H3,(H,23,26). The molecule has 2 aromatic heterocycles. The number of nitrogens with one attached hydrogen (secondary N) is 1. The summed E-state index contributed by atoms with van der Waals surface area (Å²) in [5, 5.41) is 2.69. The number of hydrogen-bond donors (Lipinski definition) is 1. The van der Waals surface area contributed by atoms with Gasteiger partial charge in [0, 0.05) is 30.2 Å². The molecule has 0 saturated heterocycles. The van der Waals surface area contributed by atoms with Gasteiger partial charge in [-0.25, -0.2) is 13.8 Å². The molecule has 7 heteroatoms. The van der Waals surface area contributed by atoms with E-state index in [0.29, 0.717) is 23.6 Å². The van der Waals surface area contributed by atoms with E-state index in [-0.39, 0.29) is 11.3 Å². The van der Waals surface area contributed by atoms with Gasteiger partial charge in [-0.1, -0.05) is 6.92 Å². The van der Waals surface area contributed by atoms with Crippen molar-refractivity contribution in [1.29, 1.82) is 0 Å². The van der Waals surface area contributed by atoms with Gasteiger partial charge in [-0.2, -0.15) is 0 Å². The van der Waals surface area contributed by atoms with Crippen LogP contribution in [0.25, 0.3) is 11.0 Å². The number of aryl methyl sites for hydroxylation is 2. The maximum atomic E-state index is 13.3. The molecule has 134 valence electrons. The van der Waals surface area contributed by atoms with Crippen molar-refractivity contribution in [2.45, 2.75) is 26.8 Å². The van der Waals surface area contributed by atoms with E-state index in [1.165, 1.54) is 6.20 Å². The second-order valence-corrected chi connectivity index (χ2v) is 6.00. The van der Waals surface area contributed by atoms with E-state index < -0.39 is 23.0 Å². The van der Waals surface area contributed by atoms with Crippen molar-refractivity contribution in [3.63, 3.8) is 0 Å². The Morgan fingerprint density at radius 2 is 1.88 bits per heavy atom. The molecule has 0 radical (unpaired) electrons. The lowest BCUT2D eigenvalue weighted by Crippen LogP contribution is -2.24. The van der Waals surface area contributed by atoms with E-state index in [2.05, 4.69) is 10.3 Å². The minimum absolute atomic E-state index is 0.0592. The molecule has 0 fully saturated rings. The zero-order chi connectivity index (χ0) is 18.8. The Morgan fingerprint density at radius 1 is 1.19 bits per heavy atom. The fourth-order valence-corrected chi connectivity index (χ4v) is 2.76. The molecule has 26 heavy (non-hydrogen) atoms. The summed E-state index contributed by atoms with van der Waals surface area (Å²) in [5.74, 6) is -2.36. The van der Waals surface area contributed by atoms with Gasteiger partial charge < -0.3 is 9.88 Å². The maximum Gasteiger partial charge on any atom is 0.261 e. The summed E-state index contributed by atoms with van der Waals surface area (Å²) >= 11 is 0. The molecule has 0 saturated carbocycles. The second kappa shape index (κ2) is 7.03. The van der Waals surface area contributed by atoms with Crippen molar-refractivity contribution in [1.82, 2.24) is 9.55 Å². The Balaban J connectivity index is 2.09. The highest BCUT2D eigenvalue weighted by atomic mass is 19.1. The van der Waals surface area contributed by atoms with Gasteiger partial charge in [0.2, 0.25) is 5.43 Å². The van der Waals surface area contributed by atoms with Crippen molar-refractivity contribution in [3.8, 4) is 0 Å². The van der Waals surface area contributed by atoms with Gasteiger partial charge in [0.15, 0.2) is 0 Å². The summed E-state index contributed by atoms with van der Waals surface area (Å²) in [7, 11) is 0. The molecule has 0 aliphatic rings. The number of hydrogen-bond acceptors (Lipinski definition) is 3. The SMILES string of the molecule is CCCn1cc(C(=O)Nc2cc(F)cc(F)c2)c(=O)c2ccc(C)nc21. The smallest absolute Gasteiger partial charge is 0.261 e. The number of aromatic nitrogens is 2.